The SMILES string of the molecule is COc1ncc(-c2cc(C(F)(F)F)c3c(N)ncnn23)cc1C(=O)N1CCC(F)(F)C(Cc2ccccc2)C1. The summed E-state index contributed by atoms with van der Waals surface area (Å²) in [6.45, 7) is -0.426. The summed E-state index contributed by atoms with van der Waals surface area (Å²) < 4.78 is 77.1. The van der Waals surface area contributed by atoms with Gasteiger partial charge in [-0.05, 0) is 24.1 Å². The maximum absolute atomic E-state index is 14.8. The molecule has 0 saturated carbocycles. The van der Waals surface area contributed by atoms with E-state index in [2.05, 4.69) is 15.1 Å². The molecule has 4 heterocycles. The van der Waals surface area contributed by atoms with Gasteiger partial charge in [0.25, 0.3) is 11.8 Å². The Bertz CT molecular complexity index is 1520. The zero-order valence-corrected chi connectivity index (χ0v) is 20.6. The highest BCUT2D eigenvalue weighted by Gasteiger charge is 2.45. The average Bonchev–Trinajstić information content (AvgIpc) is 3.31. The summed E-state index contributed by atoms with van der Waals surface area (Å²) in [7, 11) is 1.28. The van der Waals surface area contributed by atoms with Gasteiger partial charge in [-0.25, -0.2) is 23.3 Å². The smallest absolute Gasteiger partial charge is 0.418 e. The molecule has 4 aromatic rings. The molecule has 1 fully saturated rings. The molecule has 0 spiro atoms. The first-order valence-corrected chi connectivity index (χ1v) is 11.9. The van der Waals surface area contributed by atoms with Crippen molar-refractivity contribution in [1.82, 2.24) is 24.5 Å². The molecule has 39 heavy (non-hydrogen) atoms. The Hall–Kier alpha value is -4.29. The molecule has 1 aliphatic rings. The number of ether oxygens (including phenoxy) is 1. The van der Waals surface area contributed by atoms with E-state index >= 15 is 0 Å². The predicted octanol–water partition coefficient (Wildman–Crippen LogP) is 4.74. The number of amides is 1. The number of alkyl halides is 5. The van der Waals surface area contributed by atoms with Crippen molar-refractivity contribution in [3.8, 4) is 17.1 Å². The number of halogens is 5. The fourth-order valence-corrected chi connectivity index (χ4v) is 4.84. The number of piperidine rings is 1. The van der Waals surface area contributed by atoms with E-state index < -0.39 is 41.4 Å². The van der Waals surface area contributed by atoms with E-state index in [4.69, 9.17) is 10.5 Å². The van der Waals surface area contributed by atoms with Crippen molar-refractivity contribution in [3.63, 3.8) is 0 Å². The van der Waals surface area contributed by atoms with Gasteiger partial charge in [-0.1, -0.05) is 30.3 Å². The predicted molar refractivity (Wildman–Crippen MR) is 131 cm³/mol. The van der Waals surface area contributed by atoms with Crippen LogP contribution in [0, 0.1) is 5.92 Å². The minimum atomic E-state index is -4.76. The summed E-state index contributed by atoms with van der Waals surface area (Å²) in [5.74, 6) is -5.19. The van der Waals surface area contributed by atoms with Gasteiger partial charge in [0.2, 0.25) is 5.88 Å². The zero-order valence-electron chi connectivity index (χ0n) is 20.6. The molecule has 0 radical (unpaired) electrons. The summed E-state index contributed by atoms with van der Waals surface area (Å²) in [6, 6.07) is 11.0. The number of carbonyl (C=O) groups is 1. The Labute approximate surface area is 219 Å². The average molecular weight is 547 g/mol. The molecule has 8 nitrogen and oxygen atoms in total. The van der Waals surface area contributed by atoms with Crippen molar-refractivity contribution >= 4 is 17.2 Å². The normalized spacial score (nSPS) is 17.4. The molecule has 204 valence electrons. The number of aromatic nitrogens is 4. The summed E-state index contributed by atoms with van der Waals surface area (Å²) in [5, 5.41) is 3.91. The first-order chi connectivity index (χ1) is 18.5. The Morgan fingerprint density at radius 1 is 1.18 bits per heavy atom. The lowest BCUT2D eigenvalue weighted by molar-refractivity contribution is -0.136. The van der Waals surface area contributed by atoms with Crippen LogP contribution in [0.2, 0.25) is 0 Å². The molecule has 2 N–H and O–H groups in total. The monoisotopic (exact) mass is 546 g/mol. The number of methoxy groups -OCH3 is 1. The van der Waals surface area contributed by atoms with Crippen LogP contribution in [0.1, 0.15) is 27.9 Å². The van der Waals surface area contributed by atoms with Gasteiger partial charge in [0.15, 0.2) is 5.82 Å². The highest BCUT2D eigenvalue weighted by Crippen LogP contribution is 2.40. The van der Waals surface area contributed by atoms with Gasteiger partial charge in [0.1, 0.15) is 17.4 Å². The second-order valence-corrected chi connectivity index (χ2v) is 9.28. The largest absolute Gasteiger partial charge is 0.480 e. The van der Waals surface area contributed by atoms with Crippen molar-refractivity contribution in [1.29, 1.82) is 0 Å². The highest BCUT2D eigenvalue weighted by atomic mass is 19.4. The van der Waals surface area contributed by atoms with Crippen molar-refractivity contribution in [2.45, 2.75) is 24.9 Å². The van der Waals surface area contributed by atoms with E-state index in [0.29, 0.717) is 0 Å². The van der Waals surface area contributed by atoms with Crippen molar-refractivity contribution in [2.24, 2.45) is 5.92 Å². The van der Waals surface area contributed by atoms with Crippen LogP contribution in [0.5, 0.6) is 5.88 Å². The second-order valence-electron chi connectivity index (χ2n) is 9.28. The van der Waals surface area contributed by atoms with E-state index in [1.807, 2.05) is 0 Å². The summed E-state index contributed by atoms with van der Waals surface area (Å²) in [4.78, 5) is 22.7. The van der Waals surface area contributed by atoms with Crippen LogP contribution in [0.25, 0.3) is 16.8 Å². The van der Waals surface area contributed by atoms with Crippen LogP contribution >= 0.6 is 0 Å². The molecule has 13 heteroatoms. The Balaban J connectivity index is 1.51. The van der Waals surface area contributed by atoms with Crippen molar-refractivity contribution < 1.29 is 31.5 Å². The van der Waals surface area contributed by atoms with Gasteiger partial charge >= 0.3 is 6.18 Å². The topological polar surface area (TPSA) is 98.6 Å². The molecule has 1 unspecified atom stereocenters. The first-order valence-electron chi connectivity index (χ1n) is 11.9. The van der Waals surface area contributed by atoms with Crippen LogP contribution in [0.3, 0.4) is 0 Å². The number of anilines is 1. The quantitative estimate of drug-likeness (QED) is 0.363. The number of likely N-dealkylation sites (tertiary alicyclic amines) is 1. The van der Waals surface area contributed by atoms with Gasteiger partial charge < -0.3 is 15.4 Å². The first kappa shape index (κ1) is 26.3. The molecule has 1 aromatic carbocycles. The van der Waals surface area contributed by atoms with Crippen molar-refractivity contribution in [2.75, 3.05) is 25.9 Å². The van der Waals surface area contributed by atoms with E-state index in [-0.39, 0.29) is 48.0 Å². The fourth-order valence-electron chi connectivity index (χ4n) is 4.84. The molecular weight excluding hydrogens is 523 g/mol. The van der Waals surface area contributed by atoms with E-state index in [1.165, 1.54) is 24.3 Å². The fraction of sp³-hybridized carbons (Fsp3) is 0.308. The highest BCUT2D eigenvalue weighted by molar-refractivity contribution is 5.97. The number of rotatable bonds is 5. The standard InChI is InChI=1S/C26H23F5N6O2/c1-39-23-18(24(38)36-8-7-25(27,28)17(13-36)9-15-5-3-2-4-6-15)10-16(12-33-23)20-11-19(26(29,30)31)21-22(32)34-14-35-37(20)21/h2-6,10-12,14,17H,7-9,13H2,1H3,(H2,32,34,35). The summed E-state index contributed by atoms with van der Waals surface area (Å²) in [6.07, 6.45) is -2.97. The minimum Gasteiger partial charge on any atom is -0.480 e. The van der Waals surface area contributed by atoms with Gasteiger partial charge in [-0.2, -0.15) is 18.3 Å². The van der Waals surface area contributed by atoms with E-state index in [1.54, 1.807) is 30.3 Å². The van der Waals surface area contributed by atoms with E-state index in [0.717, 1.165) is 22.5 Å². The third kappa shape index (κ3) is 4.95. The molecular formula is C26H23F5N6O2. The molecule has 1 aliphatic heterocycles. The number of hydrogen-bond acceptors (Lipinski definition) is 6. The van der Waals surface area contributed by atoms with Crippen LogP contribution in [-0.2, 0) is 12.6 Å². The van der Waals surface area contributed by atoms with Crippen LogP contribution in [0.4, 0.5) is 27.8 Å². The van der Waals surface area contributed by atoms with Gasteiger partial charge in [0, 0.05) is 37.2 Å². The maximum Gasteiger partial charge on any atom is 0.418 e. The lowest BCUT2D eigenvalue weighted by Gasteiger charge is -2.38. The Morgan fingerprint density at radius 2 is 1.92 bits per heavy atom. The maximum atomic E-state index is 14.8. The number of nitrogens with zero attached hydrogens (tertiary/aromatic N) is 5. The lowest BCUT2D eigenvalue weighted by atomic mass is 9.87. The lowest BCUT2D eigenvalue weighted by Crippen LogP contribution is -2.50. The molecule has 0 aliphatic carbocycles. The zero-order chi connectivity index (χ0) is 27.9. The van der Waals surface area contributed by atoms with Crippen LogP contribution in [-0.4, -0.2) is 56.5 Å². The second kappa shape index (κ2) is 9.79. The van der Waals surface area contributed by atoms with Gasteiger partial charge in [-0.3, -0.25) is 4.79 Å². The molecule has 1 saturated heterocycles. The number of benzene rings is 1. The third-order valence-electron chi connectivity index (χ3n) is 6.82. The number of hydrogen-bond donors (Lipinski definition) is 1. The van der Waals surface area contributed by atoms with Gasteiger partial charge in [0.05, 0.1) is 18.4 Å². The minimum absolute atomic E-state index is 0.0391. The van der Waals surface area contributed by atoms with Crippen molar-refractivity contribution in [3.05, 3.63) is 71.7 Å². The molecule has 1 amide bonds. The summed E-state index contributed by atoms with van der Waals surface area (Å²) in [5.41, 5.74) is 4.95. The number of nitrogen functional groups attached to an aromatic ring is 1. The molecule has 1 atom stereocenters. The Morgan fingerprint density at radius 3 is 2.62 bits per heavy atom. The third-order valence-corrected chi connectivity index (χ3v) is 6.82. The molecule has 3 aromatic heterocycles. The molecule has 5 rings (SSSR count). The van der Waals surface area contributed by atoms with E-state index in [9.17, 15) is 26.7 Å². The number of pyridine rings is 1. The van der Waals surface area contributed by atoms with Crippen LogP contribution in [0.15, 0.2) is 55.0 Å². The Kier molecular flexibility index (Phi) is 6.60. The molecule has 0 bridgehead atoms. The number of fused-ring (bicyclic) bond motifs is 1. The van der Waals surface area contributed by atoms with Crippen LogP contribution < -0.4 is 10.5 Å². The number of nitrogens with two attached hydrogens (primary N) is 1. The van der Waals surface area contributed by atoms with Gasteiger partial charge in [-0.15, -0.1) is 0 Å². The number of carbonyl (C=O) groups excluding carboxylic acids is 1. The summed E-state index contributed by atoms with van der Waals surface area (Å²) >= 11 is 0.